The maximum atomic E-state index is 10.4. The Bertz CT molecular complexity index is 533. The molecule has 0 unspecified atom stereocenters. The molecule has 94 valence electrons. The highest BCUT2D eigenvalue weighted by molar-refractivity contribution is 5.66. The molecule has 1 aromatic heterocycles. The quantitative estimate of drug-likeness (QED) is 0.872. The largest absolute Gasteiger partial charge is 0.481 e. The Kier molecular flexibility index (Phi) is 3.57. The van der Waals surface area contributed by atoms with Gasteiger partial charge in [-0.05, 0) is 24.2 Å². The van der Waals surface area contributed by atoms with Gasteiger partial charge in [0.1, 0.15) is 5.75 Å². The summed E-state index contributed by atoms with van der Waals surface area (Å²) in [5, 5.41) is 12.1. The number of carboxylic acid groups (broad SMARTS) is 1. The van der Waals surface area contributed by atoms with E-state index in [0.29, 0.717) is 5.75 Å². The number of ether oxygens (including phenoxy) is 1. The molecule has 0 atom stereocenters. The molecule has 6 heteroatoms. The molecule has 0 spiro atoms. The van der Waals surface area contributed by atoms with Crippen molar-refractivity contribution in [1.29, 1.82) is 0 Å². The Labute approximate surface area is 103 Å². The summed E-state index contributed by atoms with van der Waals surface area (Å²) in [5.74, 6) is -0.0556. The van der Waals surface area contributed by atoms with Crippen LogP contribution in [0.25, 0.3) is 0 Å². The van der Waals surface area contributed by atoms with Crippen LogP contribution < -0.4 is 4.74 Å². The van der Waals surface area contributed by atoms with Gasteiger partial charge in [-0.15, -0.1) is 0 Å². The first-order valence-corrected chi connectivity index (χ1v) is 5.42. The van der Waals surface area contributed by atoms with Crippen molar-refractivity contribution in [2.45, 2.75) is 19.8 Å². The summed E-state index contributed by atoms with van der Waals surface area (Å²) in [4.78, 5) is 14.3. The zero-order valence-corrected chi connectivity index (χ0v) is 9.79. The fourth-order valence-corrected chi connectivity index (χ4v) is 1.31. The van der Waals surface area contributed by atoms with E-state index < -0.39 is 5.97 Å². The molecule has 0 aliphatic rings. The molecule has 0 bridgehead atoms. The van der Waals surface area contributed by atoms with Gasteiger partial charge < -0.3 is 14.4 Å². The third-order valence-corrected chi connectivity index (χ3v) is 2.23. The molecule has 0 saturated carbocycles. The second kappa shape index (κ2) is 5.31. The molecule has 6 nitrogen and oxygen atoms in total. The average Bonchev–Trinajstić information content (AvgIpc) is 2.77. The number of carboxylic acids is 1. The number of aryl methyl sites for hydroxylation is 2. The van der Waals surface area contributed by atoms with Crippen LogP contribution in [-0.2, 0) is 11.2 Å². The second-order valence-corrected chi connectivity index (χ2v) is 3.78. The zero-order chi connectivity index (χ0) is 13.0. The molecule has 0 aliphatic carbocycles. The summed E-state index contributed by atoms with van der Waals surface area (Å²) >= 11 is 0. The average molecular weight is 248 g/mol. The standard InChI is InChI=1S/C12H12N2O4/c1-8-2-4-9(5-3-8)17-12-13-10(18-14-12)6-7-11(15)16/h2-5H,6-7H2,1H3,(H,15,16). The van der Waals surface area contributed by atoms with Gasteiger partial charge in [-0.1, -0.05) is 17.7 Å². The molecule has 18 heavy (non-hydrogen) atoms. The number of aliphatic carboxylic acids is 1. The lowest BCUT2D eigenvalue weighted by Crippen LogP contribution is -1.97. The van der Waals surface area contributed by atoms with Crippen LogP contribution in [0.15, 0.2) is 28.8 Å². The minimum absolute atomic E-state index is 0.0494. The maximum absolute atomic E-state index is 10.4. The highest BCUT2D eigenvalue weighted by atomic mass is 16.6. The topological polar surface area (TPSA) is 85.5 Å². The fourth-order valence-electron chi connectivity index (χ4n) is 1.31. The van der Waals surface area contributed by atoms with Gasteiger partial charge in [0, 0.05) is 6.42 Å². The first kappa shape index (κ1) is 12.1. The number of hydrogen-bond donors (Lipinski definition) is 1. The predicted molar refractivity (Wildman–Crippen MR) is 61.5 cm³/mol. The summed E-state index contributed by atoms with van der Waals surface area (Å²) in [7, 11) is 0. The van der Waals surface area contributed by atoms with E-state index in [4.69, 9.17) is 14.4 Å². The van der Waals surface area contributed by atoms with Crippen molar-refractivity contribution >= 4 is 5.97 Å². The second-order valence-electron chi connectivity index (χ2n) is 3.78. The van der Waals surface area contributed by atoms with Crippen LogP contribution in [-0.4, -0.2) is 21.2 Å². The van der Waals surface area contributed by atoms with E-state index in [0.717, 1.165) is 5.56 Å². The minimum Gasteiger partial charge on any atom is -0.481 e. The Balaban J connectivity index is 1.97. The summed E-state index contributed by atoms with van der Waals surface area (Å²) < 4.78 is 10.2. The van der Waals surface area contributed by atoms with Crippen molar-refractivity contribution in [2.75, 3.05) is 0 Å². The molecular weight excluding hydrogens is 236 g/mol. The Morgan fingerprint density at radius 2 is 2.11 bits per heavy atom. The van der Waals surface area contributed by atoms with Crippen molar-refractivity contribution in [3.8, 4) is 11.8 Å². The van der Waals surface area contributed by atoms with Crippen LogP contribution in [0.2, 0.25) is 0 Å². The number of nitrogens with zero attached hydrogens (tertiary/aromatic N) is 2. The first-order chi connectivity index (χ1) is 8.63. The van der Waals surface area contributed by atoms with Crippen molar-refractivity contribution in [1.82, 2.24) is 10.1 Å². The van der Waals surface area contributed by atoms with E-state index in [1.807, 2.05) is 19.1 Å². The van der Waals surface area contributed by atoms with Crippen LogP contribution in [0.1, 0.15) is 17.9 Å². The number of hydrogen-bond acceptors (Lipinski definition) is 5. The van der Waals surface area contributed by atoms with E-state index in [1.54, 1.807) is 12.1 Å². The first-order valence-electron chi connectivity index (χ1n) is 5.42. The van der Waals surface area contributed by atoms with Gasteiger partial charge in [-0.25, -0.2) is 0 Å². The van der Waals surface area contributed by atoms with Gasteiger partial charge in [-0.2, -0.15) is 4.98 Å². The monoisotopic (exact) mass is 248 g/mol. The van der Waals surface area contributed by atoms with Gasteiger partial charge in [0.05, 0.1) is 6.42 Å². The summed E-state index contributed by atoms with van der Waals surface area (Å²) in [5.41, 5.74) is 1.12. The molecule has 0 amide bonds. The molecule has 0 fully saturated rings. The number of carbonyl (C=O) groups is 1. The van der Waals surface area contributed by atoms with E-state index in [9.17, 15) is 4.79 Å². The van der Waals surface area contributed by atoms with E-state index in [1.165, 1.54) is 0 Å². The Hall–Kier alpha value is -2.37. The lowest BCUT2D eigenvalue weighted by molar-refractivity contribution is -0.137. The smallest absolute Gasteiger partial charge is 0.359 e. The summed E-state index contributed by atoms with van der Waals surface area (Å²) in [6.07, 6.45) is 0.145. The molecule has 1 N–H and O–H groups in total. The summed E-state index contributed by atoms with van der Waals surface area (Å²) in [6.45, 7) is 1.97. The number of aromatic nitrogens is 2. The van der Waals surface area contributed by atoms with Crippen molar-refractivity contribution in [3.63, 3.8) is 0 Å². The lowest BCUT2D eigenvalue weighted by Gasteiger charge is -1.99. The normalized spacial score (nSPS) is 10.3. The Morgan fingerprint density at radius 3 is 2.78 bits per heavy atom. The number of benzene rings is 1. The molecular formula is C12H12N2O4. The highest BCUT2D eigenvalue weighted by Crippen LogP contribution is 2.18. The van der Waals surface area contributed by atoms with Crippen LogP contribution in [0, 0.1) is 6.92 Å². The molecule has 0 aliphatic heterocycles. The van der Waals surface area contributed by atoms with E-state index >= 15 is 0 Å². The molecule has 2 rings (SSSR count). The molecule has 2 aromatic rings. The Morgan fingerprint density at radius 1 is 1.39 bits per heavy atom. The van der Waals surface area contributed by atoms with Crippen molar-refractivity contribution in [2.24, 2.45) is 0 Å². The van der Waals surface area contributed by atoms with Gasteiger partial charge in [0.2, 0.25) is 5.89 Å². The van der Waals surface area contributed by atoms with E-state index in [2.05, 4.69) is 10.1 Å². The third-order valence-electron chi connectivity index (χ3n) is 2.23. The predicted octanol–water partition coefficient (Wildman–Crippen LogP) is 2.19. The van der Waals surface area contributed by atoms with Gasteiger partial charge in [-0.3, -0.25) is 4.79 Å². The van der Waals surface area contributed by atoms with Crippen LogP contribution in [0.3, 0.4) is 0 Å². The van der Waals surface area contributed by atoms with Crippen LogP contribution in [0.5, 0.6) is 11.8 Å². The summed E-state index contributed by atoms with van der Waals surface area (Å²) in [6, 6.07) is 7.48. The van der Waals surface area contributed by atoms with Crippen LogP contribution >= 0.6 is 0 Å². The van der Waals surface area contributed by atoms with E-state index in [-0.39, 0.29) is 24.7 Å². The molecule has 0 radical (unpaired) electrons. The SMILES string of the molecule is Cc1ccc(Oc2noc(CCC(=O)O)n2)cc1. The highest BCUT2D eigenvalue weighted by Gasteiger charge is 2.09. The molecule has 1 heterocycles. The fraction of sp³-hybridized carbons (Fsp3) is 0.250. The number of rotatable bonds is 5. The van der Waals surface area contributed by atoms with Crippen molar-refractivity contribution < 1.29 is 19.2 Å². The third kappa shape index (κ3) is 3.31. The minimum atomic E-state index is -0.908. The van der Waals surface area contributed by atoms with Crippen molar-refractivity contribution in [3.05, 3.63) is 35.7 Å². The lowest BCUT2D eigenvalue weighted by atomic mass is 10.2. The maximum Gasteiger partial charge on any atom is 0.359 e. The van der Waals surface area contributed by atoms with Gasteiger partial charge in [0.25, 0.3) is 0 Å². The zero-order valence-electron chi connectivity index (χ0n) is 9.79. The molecule has 0 saturated heterocycles. The molecule has 1 aromatic carbocycles. The van der Waals surface area contributed by atoms with Gasteiger partial charge in [0.15, 0.2) is 0 Å². The van der Waals surface area contributed by atoms with Gasteiger partial charge >= 0.3 is 12.0 Å². The van der Waals surface area contributed by atoms with Crippen LogP contribution in [0.4, 0.5) is 0 Å².